The van der Waals surface area contributed by atoms with Gasteiger partial charge >= 0.3 is 0 Å². The molecule has 1 heterocycles. The van der Waals surface area contributed by atoms with Gasteiger partial charge in [0.15, 0.2) is 5.96 Å². The van der Waals surface area contributed by atoms with Crippen LogP contribution in [-0.4, -0.2) is 56.7 Å². The fourth-order valence-electron chi connectivity index (χ4n) is 3.17. The average Bonchev–Trinajstić information content (AvgIpc) is 3.34. The lowest BCUT2D eigenvalue weighted by atomic mass is 10.1. The van der Waals surface area contributed by atoms with Crippen molar-refractivity contribution in [2.24, 2.45) is 4.99 Å². The molecule has 24 heavy (non-hydrogen) atoms. The minimum absolute atomic E-state index is 0.521. The first-order valence-electron chi connectivity index (χ1n) is 9.08. The summed E-state index contributed by atoms with van der Waals surface area (Å²) in [6.07, 6.45) is 4.72. The van der Waals surface area contributed by atoms with E-state index in [9.17, 15) is 0 Å². The van der Waals surface area contributed by atoms with Crippen molar-refractivity contribution in [2.75, 3.05) is 33.8 Å². The van der Waals surface area contributed by atoms with Crippen LogP contribution in [0.4, 0.5) is 0 Å². The van der Waals surface area contributed by atoms with Crippen LogP contribution in [0.15, 0.2) is 23.2 Å². The molecule has 1 aliphatic heterocycles. The molecule has 1 fully saturated rings. The zero-order valence-corrected chi connectivity index (χ0v) is 15.1. The molecule has 1 aliphatic carbocycles. The number of likely N-dealkylation sites (N-methyl/N-ethyl adjacent to an activating group) is 1. The van der Waals surface area contributed by atoms with Gasteiger partial charge in [-0.1, -0.05) is 12.1 Å². The lowest BCUT2D eigenvalue weighted by molar-refractivity contribution is 0.247. The number of rotatable bonds is 7. The van der Waals surface area contributed by atoms with Crippen molar-refractivity contribution < 1.29 is 4.74 Å². The summed E-state index contributed by atoms with van der Waals surface area (Å²) in [6.45, 7) is 4.89. The maximum atomic E-state index is 5.56. The predicted octanol–water partition coefficient (Wildman–Crippen LogP) is 1.81. The largest absolute Gasteiger partial charge is 0.493 e. The third kappa shape index (κ3) is 4.41. The molecular weight excluding hydrogens is 300 g/mol. The van der Waals surface area contributed by atoms with E-state index in [1.807, 2.05) is 7.05 Å². The van der Waals surface area contributed by atoms with Crippen molar-refractivity contribution in [3.05, 3.63) is 29.3 Å². The summed E-state index contributed by atoms with van der Waals surface area (Å²) in [5.41, 5.74) is 2.69. The fourth-order valence-corrected chi connectivity index (χ4v) is 3.17. The Bertz CT molecular complexity index is 583. The standard InChI is InChI=1S/C19H30N4O/c1-14(23(3)17-5-6-17)13-22-19(20-2)21-10-8-15-4-7-18-16(12-15)9-11-24-18/h4,7,12,14,17H,5-6,8-11,13H2,1-3H3,(H2,20,21,22). The molecule has 5 heteroatoms. The van der Waals surface area contributed by atoms with Gasteiger partial charge in [-0.25, -0.2) is 0 Å². The van der Waals surface area contributed by atoms with Gasteiger partial charge in [0.05, 0.1) is 6.61 Å². The second kappa shape index (κ2) is 7.88. The number of hydrogen-bond donors (Lipinski definition) is 2. The molecule has 1 atom stereocenters. The van der Waals surface area contributed by atoms with Gasteiger partial charge in [0.1, 0.15) is 5.75 Å². The minimum atomic E-state index is 0.521. The smallest absolute Gasteiger partial charge is 0.191 e. The van der Waals surface area contributed by atoms with Gasteiger partial charge < -0.3 is 15.4 Å². The quantitative estimate of drug-likeness (QED) is 0.591. The van der Waals surface area contributed by atoms with Crippen LogP contribution in [0, 0.1) is 0 Å². The number of nitrogens with one attached hydrogen (secondary N) is 2. The summed E-state index contributed by atoms with van der Waals surface area (Å²) in [6, 6.07) is 7.84. The molecule has 5 nitrogen and oxygen atoms in total. The molecule has 0 spiro atoms. The molecule has 0 saturated heterocycles. The van der Waals surface area contributed by atoms with Gasteiger partial charge in [-0.15, -0.1) is 0 Å². The molecular formula is C19H30N4O. The van der Waals surface area contributed by atoms with Gasteiger partial charge in [0.25, 0.3) is 0 Å². The van der Waals surface area contributed by atoms with E-state index in [1.165, 1.54) is 24.0 Å². The van der Waals surface area contributed by atoms with Gasteiger partial charge in [-0.3, -0.25) is 9.89 Å². The van der Waals surface area contributed by atoms with E-state index in [1.54, 1.807) is 0 Å². The van der Waals surface area contributed by atoms with Gasteiger partial charge in [0, 0.05) is 38.6 Å². The normalized spacial score (nSPS) is 18.2. The number of ether oxygens (including phenoxy) is 1. The van der Waals surface area contributed by atoms with E-state index in [0.717, 1.165) is 50.3 Å². The summed E-state index contributed by atoms with van der Waals surface area (Å²) < 4.78 is 5.56. The zero-order chi connectivity index (χ0) is 16.9. The maximum Gasteiger partial charge on any atom is 0.191 e. The number of fused-ring (bicyclic) bond motifs is 1. The highest BCUT2D eigenvalue weighted by Crippen LogP contribution is 2.27. The summed E-state index contributed by atoms with van der Waals surface area (Å²) in [4.78, 5) is 6.79. The lowest BCUT2D eigenvalue weighted by Gasteiger charge is -2.25. The Morgan fingerprint density at radius 1 is 1.38 bits per heavy atom. The van der Waals surface area contributed by atoms with Gasteiger partial charge in [-0.2, -0.15) is 0 Å². The second-order valence-corrected chi connectivity index (χ2v) is 6.92. The summed E-state index contributed by atoms with van der Waals surface area (Å²) in [7, 11) is 4.05. The highest BCUT2D eigenvalue weighted by atomic mass is 16.5. The van der Waals surface area contributed by atoms with Crippen LogP contribution in [0.3, 0.4) is 0 Å². The van der Waals surface area contributed by atoms with E-state index < -0.39 is 0 Å². The van der Waals surface area contributed by atoms with E-state index in [-0.39, 0.29) is 0 Å². The minimum Gasteiger partial charge on any atom is -0.493 e. The highest BCUT2D eigenvalue weighted by Gasteiger charge is 2.28. The molecule has 3 rings (SSSR count). The first-order valence-corrected chi connectivity index (χ1v) is 9.08. The van der Waals surface area contributed by atoms with E-state index in [4.69, 9.17) is 4.74 Å². The number of guanidine groups is 1. The molecule has 2 aliphatic rings. The number of aliphatic imine (C=N–C) groups is 1. The van der Waals surface area contributed by atoms with Crippen LogP contribution in [0.2, 0.25) is 0 Å². The van der Waals surface area contributed by atoms with Crippen LogP contribution in [0.25, 0.3) is 0 Å². The van der Waals surface area contributed by atoms with Crippen LogP contribution in [-0.2, 0) is 12.8 Å². The van der Waals surface area contributed by atoms with Crippen molar-refractivity contribution in [3.63, 3.8) is 0 Å². The Kier molecular flexibility index (Phi) is 5.61. The summed E-state index contributed by atoms with van der Waals surface area (Å²) in [5, 5.41) is 6.85. The number of nitrogens with zero attached hydrogens (tertiary/aromatic N) is 2. The van der Waals surface area contributed by atoms with E-state index in [2.05, 4.69) is 52.7 Å². The zero-order valence-electron chi connectivity index (χ0n) is 15.1. The SMILES string of the molecule is CN=C(NCCc1ccc2c(c1)CCO2)NCC(C)N(C)C1CC1. The van der Waals surface area contributed by atoms with Crippen LogP contribution in [0.1, 0.15) is 30.9 Å². The Balaban J connectivity index is 1.39. The Morgan fingerprint density at radius 2 is 2.21 bits per heavy atom. The average molecular weight is 330 g/mol. The van der Waals surface area contributed by atoms with Crippen LogP contribution < -0.4 is 15.4 Å². The van der Waals surface area contributed by atoms with Gasteiger partial charge in [0.2, 0.25) is 0 Å². The predicted molar refractivity (Wildman–Crippen MR) is 99.0 cm³/mol. The fraction of sp³-hybridized carbons (Fsp3) is 0.632. The molecule has 1 saturated carbocycles. The first-order chi connectivity index (χ1) is 11.7. The second-order valence-electron chi connectivity index (χ2n) is 6.92. The molecule has 132 valence electrons. The van der Waals surface area contributed by atoms with Crippen LogP contribution >= 0.6 is 0 Å². The van der Waals surface area contributed by atoms with Crippen molar-refractivity contribution >= 4 is 5.96 Å². The van der Waals surface area contributed by atoms with Crippen LogP contribution in [0.5, 0.6) is 5.75 Å². The van der Waals surface area contributed by atoms with Crippen molar-refractivity contribution in [2.45, 2.75) is 44.7 Å². The maximum absolute atomic E-state index is 5.56. The Labute approximate surface area is 145 Å². The molecule has 1 aromatic rings. The number of hydrogen-bond acceptors (Lipinski definition) is 3. The Morgan fingerprint density at radius 3 is 2.96 bits per heavy atom. The third-order valence-corrected chi connectivity index (χ3v) is 5.07. The van der Waals surface area contributed by atoms with E-state index >= 15 is 0 Å². The van der Waals surface area contributed by atoms with Crippen molar-refractivity contribution in [1.29, 1.82) is 0 Å². The van der Waals surface area contributed by atoms with Gasteiger partial charge in [-0.05, 0) is 50.4 Å². The number of benzene rings is 1. The van der Waals surface area contributed by atoms with Crippen molar-refractivity contribution in [3.8, 4) is 5.75 Å². The Hall–Kier alpha value is -1.75. The molecule has 0 radical (unpaired) electrons. The summed E-state index contributed by atoms with van der Waals surface area (Å²) >= 11 is 0. The monoisotopic (exact) mass is 330 g/mol. The summed E-state index contributed by atoms with van der Waals surface area (Å²) in [5.74, 6) is 1.94. The molecule has 0 amide bonds. The first kappa shape index (κ1) is 17.1. The molecule has 1 unspecified atom stereocenters. The lowest BCUT2D eigenvalue weighted by Crippen LogP contribution is -2.45. The van der Waals surface area contributed by atoms with E-state index in [0.29, 0.717) is 6.04 Å². The highest BCUT2D eigenvalue weighted by molar-refractivity contribution is 5.79. The third-order valence-electron chi connectivity index (χ3n) is 5.07. The molecule has 0 bridgehead atoms. The topological polar surface area (TPSA) is 48.9 Å². The molecule has 1 aromatic carbocycles. The molecule has 2 N–H and O–H groups in total. The molecule has 0 aromatic heterocycles. The van der Waals surface area contributed by atoms with Crippen molar-refractivity contribution in [1.82, 2.24) is 15.5 Å².